The van der Waals surface area contributed by atoms with E-state index in [2.05, 4.69) is 25.1 Å². The molecule has 3 heteroatoms. The van der Waals surface area contributed by atoms with Crippen molar-refractivity contribution in [2.24, 2.45) is 5.73 Å². The molecule has 0 radical (unpaired) electrons. The summed E-state index contributed by atoms with van der Waals surface area (Å²) in [5.74, 6) is 0.976. The third-order valence-electron chi connectivity index (χ3n) is 2.34. The van der Waals surface area contributed by atoms with Crippen molar-refractivity contribution in [3.63, 3.8) is 0 Å². The van der Waals surface area contributed by atoms with Crippen LogP contribution in [0.5, 0.6) is 0 Å². The predicted octanol–water partition coefficient (Wildman–Crippen LogP) is 2.94. The number of nitrogens with two attached hydrogens (primary N) is 1. The van der Waals surface area contributed by atoms with Crippen molar-refractivity contribution in [2.75, 3.05) is 0 Å². The smallest absolute Gasteiger partial charge is 0.102 e. The number of nitrogens with zero attached hydrogens (tertiary/aromatic N) is 1. The summed E-state index contributed by atoms with van der Waals surface area (Å²) in [5, 5.41) is 9.24. The summed E-state index contributed by atoms with van der Waals surface area (Å²) in [6, 6.07) is 12.5. The minimum atomic E-state index is -0.705. The molecule has 0 aliphatic rings. The zero-order valence-corrected chi connectivity index (χ0v) is 10.6. The fraction of sp³-hybridized carbons (Fsp3) is 0.462. The first-order valence-corrected chi connectivity index (χ1v) is 6.44. The molecule has 2 N–H and O–H groups in total. The zero-order valence-electron chi connectivity index (χ0n) is 9.81. The highest BCUT2D eigenvalue weighted by Gasteiger charge is 2.20. The third-order valence-corrected chi connectivity index (χ3v) is 3.58. The molecular weight excluding hydrogens is 216 g/mol. The van der Waals surface area contributed by atoms with Crippen molar-refractivity contribution < 1.29 is 0 Å². The molecule has 0 amide bonds. The Labute approximate surface area is 102 Å². The highest BCUT2D eigenvalue weighted by atomic mass is 32.2. The molecule has 0 saturated carbocycles. The standard InChI is InChI=1S/C13H18N2S/c1-11(8-13(2,15)10-14)16-9-12-6-4-3-5-7-12/h3-7,11H,8-9,15H2,1-2H3. The van der Waals surface area contributed by atoms with Gasteiger partial charge in [0.05, 0.1) is 6.07 Å². The van der Waals surface area contributed by atoms with E-state index in [4.69, 9.17) is 11.0 Å². The molecule has 2 nitrogen and oxygen atoms in total. The van der Waals surface area contributed by atoms with Gasteiger partial charge in [-0.1, -0.05) is 37.3 Å². The lowest BCUT2D eigenvalue weighted by Gasteiger charge is -2.20. The van der Waals surface area contributed by atoms with E-state index < -0.39 is 5.54 Å². The van der Waals surface area contributed by atoms with Crippen LogP contribution in [-0.2, 0) is 5.75 Å². The van der Waals surface area contributed by atoms with Crippen molar-refractivity contribution >= 4 is 11.8 Å². The average molecular weight is 234 g/mol. The number of rotatable bonds is 5. The van der Waals surface area contributed by atoms with E-state index in [9.17, 15) is 0 Å². The van der Waals surface area contributed by atoms with Crippen molar-refractivity contribution in [3.05, 3.63) is 35.9 Å². The van der Waals surface area contributed by atoms with Gasteiger partial charge >= 0.3 is 0 Å². The van der Waals surface area contributed by atoms with Crippen LogP contribution in [0.25, 0.3) is 0 Å². The molecule has 0 heterocycles. The monoisotopic (exact) mass is 234 g/mol. The summed E-state index contributed by atoms with van der Waals surface area (Å²) in [5.41, 5.74) is 6.42. The second-order valence-corrected chi connectivity index (χ2v) is 5.77. The fourth-order valence-corrected chi connectivity index (χ4v) is 2.65. The van der Waals surface area contributed by atoms with E-state index >= 15 is 0 Å². The molecule has 0 aromatic heterocycles. The highest BCUT2D eigenvalue weighted by Crippen LogP contribution is 2.23. The van der Waals surface area contributed by atoms with Crippen molar-refractivity contribution in [1.82, 2.24) is 0 Å². The van der Waals surface area contributed by atoms with Gasteiger partial charge in [-0.3, -0.25) is 0 Å². The van der Waals surface area contributed by atoms with Crippen LogP contribution in [-0.4, -0.2) is 10.8 Å². The van der Waals surface area contributed by atoms with Crippen LogP contribution in [0.1, 0.15) is 25.8 Å². The van der Waals surface area contributed by atoms with Crippen LogP contribution in [0.15, 0.2) is 30.3 Å². The SMILES string of the molecule is CC(CC(C)(N)C#N)SCc1ccccc1. The number of hydrogen-bond donors (Lipinski definition) is 1. The summed E-state index contributed by atoms with van der Waals surface area (Å²) in [6.07, 6.45) is 0.723. The maximum absolute atomic E-state index is 8.84. The molecule has 0 aliphatic carbocycles. The molecule has 0 spiro atoms. The van der Waals surface area contributed by atoms with Crippen LogP contribution >= 0.6 is 11.8 Å². The Kier molecular flexibility index (Phi) is 4.85. The largest absolute Gasteiger partial charge is 0.314 e. The molecule has 86 valence electrons. The number of thioether (sulfide) groups is 1. The minimum absolute atomic E-state index is 0.398. The summed E-state index contributed by atoms with van der Waals surface area (Å²) in [7, 11) is 0. The first-order chi connectivity index (χ1) is 7.53. The summed E-state index contributed by atoms with van der Waals surface area (Å²) >= 11 is 1.84. The molecule has 2 unspecified atom stereocenters. The molecule has 16 heavy (non-hydrogen) atoms. The average Bonchev–Trinajstić information content (AvgIpc) is 2.27. The van der Waals surface area contributed by atoms with Gasteiger partial charge < -0.3 is 5.73 Å². The van der Waals surface area contributed by atoms with Crippen molar-refractivity contribution in [1.29, 1.82) is 5.26 Å². The van der Waals surface area contributed by atoms with Crippen molar-refractivity contribution in [2.45, 2.75) is 36.8 Å². The maximum Gasteiger partial charge on any atom is 0.102 e. The van der Waals surface area contributed by atoms with Gasteiger partial charge in [-0.15, -0.1) is 0 Å². The molecule has 1 aromatic rings. The molecule has 1 rings (SSSR count). The van der Waals surface area contributed by atoms with Crippen LogP contribution in [0, 0.1) is 11.3 Å². The van der Waals surface area contributed by atoms with Gasteiger partial charge in [0.2, 0.25) is 0 Å². The molecule has 0 saturated heterocycles. The minimum Gasteiger partial charge on any atom is -0.314 e. The zero-order chi connectivity index (χ0) is 12.0. The van der Waals surface area contributed by atoms with E-state index in [1.165, 1.54) is 5.56 Å². The summed E-state index contributed by atoms with van der Waals surface area (Å²) in [4.78, 5) is 0. The predicted molar refractivity (Wildman–Crippen MR) is 70.0 cm³/mol. The van der Waals surface area contributed by atoms with Crippen LogP contribution in [0.2, 0.25) is 0 Å². The maximum atomic E-state index is 8.84. The third kappa shape index (κ3) is 4.69. The number of benzene rings is 1. The Morgan fingerprint density at radius 3 is 2.62 bits per heavy atom. The number of hydrogen-bond acceptors (Lipinski definition) is 3. The van der Waals surface area contributed by atoms with Gasteiger partial charge in [0.25, 0.3) is 0 Å². The van der Waals surface area contributed by atoms with E-state index in [0.29, 0.717) is 5.25 Å². The number of nitriles is 1. The van der Waals surface area contributed by atoms with E-state index in [-0.39, 0.29) is 0 Å². The van der Waals surface area contributed by atoms with Gasteiger partial charge in [-0.05, 0) is 18.9 Å². The summed E-state index contributed by atoms with van der Waals surface area (Å²) in [6.45, 7) is 3.91. The first kappa shape index (κ1) is 13.1. The first-order valence-electron chi connectivity index (χ1n) is 5.39. The van der Waals surface area contributed by atoms with Gasteiger partial charge in [0, 0.05) is 11.0 Å². The Morgan fingerprint density at radius 2 is 2.06 bits per heavy atom. The van der Waals surface area contributed by atoms with Crippen LogP contribution in [0.3, 0.4) is 0 Å². The Morgan fingerprint density at radius 1 is 1.44 bits per heavy atom. The van der Waals surface area contributed by atoms with Crippen molar-refractivity contribution in [3.8, 4) is 6.07 Å². The molecule has 0 bridgehead atoms. The molecule has 1 aromatic carbocycles. The fourth-order valence-electron chi connectivity index (χ4n) is 1.51. The quantitative estimate of drug-likeness (QED) is 0.852. The van der Waals surface area contributed by atoms with Gasteiger partial charge in [-0.2, -0.15) is 17.0 Å². The second-order valence-electron chi connectivity index (χ2n) is 4.34. The Bertz CT molecular complexity index is 354. The lowest BCUT2D eigenvalue weighted by Crippen LogP contribution is -2.36. The molecule has 2 atom stereocenters. The normalized spacial score (nSPS) is 16.1. The second kappa shape index (κ2) is 5.93. The highest BCUT2D eigenvalue weighted by molar-refractivity contribution is 7.99. The molecular formula is C13H18N2S. The Balaban J connectivity index is 2.37. The van der Waals surface area contributed by atoms with E-state index in [1.807, 2.05) is 30.0 Å². The van der Waals surface area contributed by atoms with Gasteiger partial charge in [-0.25, -0.2) is 0 Å². The van der Waals surface area contributed by atoms with Gasteiger partial charge in [0.15, 0.2) is 0 Å². The van der Waals surface area contributed by atoms with E-state index in [0.717, 1.165) is 12.2 Å². The lowest BCUT2D eigenvalue weighted by molar-refractivity contribution is 0.545. The lowest BCUT2D eigenvalue weighted by atomic mass is 10.00. The molecule has 0 fully saturated rings. The van der Waals surface area contributed by atoms with Gasteiger partial charge in [0.1, 0.15) is 5.54 Å². The Hall–Kier alpha value is -0.980. The summed E-state index contributed by atoms with van der Waals surface area (Å²) < 4.78 is 0. The van der Waals surface area contributed by atoms with Crippen LogP contribution < -0.4 is 5.73 Å². The topological polar surface area (TPSA) is 49.8 Å². The van der Waals surface area contributed by atoms with Crippen LogP contribution in [0.4, 0.5) is 0 Å². The van der Waals surface area contributed by atoms with E-state index in [1.54, 1.807) is 6.92 Å². The molecule has 0 aliphatic heterocycles.